The number of hydrogen-bond donors (Lipinski definition) is 3. The van der Waals surface area contributed by atoms with Gasteiger partial charge in [0.25, 0.3) is 0 Å². The van der Waals surface area contributed by atoms with E-state index in [0.29, 0.717) is 28.1 Å². The van der Waals surface area contributed by atoms with Crippen molar-refractivity contribution in [1.82, 2.24) is 4.57 Å². The fourth-order valence-electron chi connectivity index (χ4n) is 4.52. The average molecular weight is 502 g/mol. The minimum Gasteiger partial charge on any atom is -0.491 e. The summed E-state index contributed by atoms with van der Waals surface area (Å²) in [4.78, 5) is 25.3. The zero-order valence-corrected chi connectivity index (χ0v) is 19.3. The first kappa shape index (κ1) is 22.5. The van der Waals surface area contributed by atoms with Crippen LogP contribution in [0.3, 0.4) is 0 Å². The third-order valence-electron chi connectivity index (χ3n) is 5.95. The number of carbonyl (C=O) groups excluding carboxylic acids is 1. The van der Waals surface area contributed by atoms with E-state index in [0.717, 1.165) is 15.4 Å². The molecule has 1 aliphatic carbocycles. The van der Waals surface area contributed by atoms with Crippen molar-refractivity contribution in [2.75, 3.05) is 13.2 Å². The summed E-state index contributed by atoms with van der Waals surface area (Å²) >= 11 is 3.45. The van der Waals surface area contributed by atoms with Crippen molar-refractivity contribution in [3.05, 3.63) is 63.3 Å². The van der Waals surface area contributed by atoms with Crippen LogP contribution in [0.2, 0.25) is 0 Å². The van der Waals surface area contributed by atoms with E-state index in [9.17, 15) is 19.8 Å². The Bertz CT molecular complexity index is 1230. The van der Waals surface area contributed by atoms with Crippen molar-refractivity contribution in [2.24, 2.45) is 0 Å². The van der Waals surface area contributed by atoms with Gasteiger partial charge in [-0.05, 0) is 42.3 Å². The van der Waals surface area contributed by atoms with Crippen LogP contribution in [0.4, 0.5) is 0 Å². The standard InChI is InChI=1S/C24H24BrNO6/c1-24(2)18-10-15(32-12-14(28)7-8-27)4-6-16(18)22(31)21-17-5-3-13(25)9-19(17)26(23(21)24)11-20(29)30/h3-6,9-10,14,27-28H,7-8,11-12H2,1-2H3,(H,29,30)/t14-/m0/s1. The number of aliphatic hydroxyl groups is 2. The molecule has 1 aromatic heterocycles. The molecule has 3 aromatic rings. The number of ether oxygens (including phenoxy) is 1. The van der Waals surface area contributed by atoms with E-state index in [4.69, 9.17) is 9.84 Å². The van der Waals surface area contributed by atoms with E-state index in [-0.39, 0.29) is 32.0 Å². The number of aromatic nitrogens is 1. The number of hydrogen-bond acceptors (Lipinski definition) is 5. The second-order valence-corrected chi connectivity index (χ2v) is 9.42. The van der Waals surface area contributed by atoms with Crippen LogP contribution in [-0.4, -0.2) is 51.0 Å². The van der Waals surface area contributed by atoms with Crippen LogP contribution < -0.4 is 4.74 Å². The van der Waals surface area contributed by atoms with Crippen LogP contribution in [0.1, 0.15) is 47.4 Å². The minimum absolute atomic E-state index is 0.0201. The highest BCUT2D eigenvalue weighted by Crippen LogP contribution is 2.46. The molecule has 1 atom stereocenters. The Hall–Kier alpha value is -2.68. The Morgan fingerprint density at radius 2 is 1.97 bits per heavy atom. The summed E-state index contributed by atoms with van der Waals surface area (Å²) in [5, 5.41) is 29.1. The molecule has 8 heteroatoms. The lowest BCUT2D eigenvalue weighted by atomic mass is 9.71. The number of fused-ring (bicyclic) bond motifs is 4. The van der Waals surface area contributed by atoms with Crippen molar-refractivity contribution >= 4 is 38.6 Å². The van der Waals surface area contributed by atoms with Gasteiger partial charge in [-0.15, -0.1) is 0 Å². The monoisotopic (exact) mass is 501 g/mol. The molecule has 1 heterocycles. The molecule has 4 rings (SSSR count). The lowest BCUT2D eigenvalue weighted by Gasteiger charge is -2.34. The first-order valence-electron chi connectivity index (χ1n) is 10.3. The molecule has 3 N–H and O–H groups in total. The maximum Gasteiger partial charge on any atom is 0.323 e. The number of rotatable bonds is 7. The predicted octanol–water partition coefficient (Wildman–Crippen LogP) is 3.48. The van der Waals surface area contributed by atoms with Gasteiger partial charge in [0.15, 0.2) is 5.78 Å². The van der Waals surface area contributed by atoms with Gasteiger partial charge in [-0.3, -0.25) is 9.59 Å². The second-order valence-electron chi connectivity index (χ2n) is 8.50. The van der Waals surface area contributed by atoms with E-state index in [1.807, 2.05) is 32.0 Å². The molecule has 1 aliphatic rings. The quantitative estimate of drug-likeness (QED) is 0.457. The SMILES string of the molecule is CC1(C)c2cc(OC[C@@H](O)CCO)ccc2C(=O)c2c1n(CC(=O)O)c1cc(Br)ccc21. The Kier molecular flexibility index (Phi) is 5.87. The third kappa shape index (κ3) is 3.72. The Labute approximate surface area is 193 Å². The molecule has 0 aliphatic heterocycles. The van der Waals surface area contributed by atoms with Crippen LogP contribution in [-0.2, 0) is 16.8 Å². The summed E-state index contributed by atoms with van der Waals surface area (Å²) in [5.41, 5.74) is 2.47. The molecular formula is C24H24BrNO6. The number of aliphatic carboxylic acids is 1. The number of aliphatic hydroxyl groups excluding tert-OH is 2. The molecule has 0 radical (unpaired) electrons. The van der Waals surface area contributed by atoms with Crippen LogP contribution in [0.15, 0.2) is 40.9 Å². The molecule has 7 nitrogen and oxygen atoms in total. The number of carboxylic acid groups (broad SMARTS) is 1. The molecule has 0 amide bonds. The lowest BCUT2D eigenvalue weighted by molar-refractivity contribution is -0.137. The maximum atomic E-state index is 13.6. The van der Waals surface area contributed by atoms with Crippen molar-refractivity contribution in [2.45, 2.75) is 38.3 Å². The highest BCUT2D eigenvalue weighted by atomic mass is 79.9. The van der Waals surface area contributed by atoms with Gasteiger partial charge >= 0.3 is 5.97 Å². The number of ketones is 1. The third-order valence-corrected chi connectivity index (χ3v) is 6.45. The Morgan fingerprint density at radius 1 is 1.22 bits per heavy atom. The highest BCUT2D eigenvalue weighted by Gasteiger charge is 2.42. The molecule has 2 aromatic carbocycles. The summed E-state index contributed by atoms with van der Waals surface area (Å²) < 4.78 is 8.20. The molecule has 32 heavy (non-hydrogen) atoms. The molecule has 0 saturated carbocycles. The zero-order valence-electron chi connectivity index (χ0n) is 17.8. The first-order valence-corrected chi connectivity index (χ1v) is 11.1. The highest BCUT2D eigenvalue weighted by molar-refractivity contribution is 9.10. The number of nitrogens with zero attached hydrogens (tertiary/aromatic N) is 1. The summed E-state index contributed by atoms with van der Waals surface area (Å²) in [6.07, 6.45) is -0.586. The molecule has 0 saturated heterocycles. The summed E-state index contributed by atoms with van der Waals surface area (Å²) in [5.74, 6) is -0.653. The van der Waals surface area contributed by atoms with E-state index in [1.165, 1.54) is 0 Å². The van der Waals surface area contributed by atoms with Crippen molar-refractivity contribution < 1.29 is 29.6 Å². The smallest absolute Gasteiger partial charge is 0.323 e. The number of benzene rings is 2. The lowest BCUT2D eigenvalue weighted by Crippen LogP contribution is -2.33. The van der Waals surface area contributed by atoms with Crippen molar-refractivity contribution in [3.63, 3.8) is 0 Å². The van der Waals surface area contributed by atoms with Gasteiger partial charge in [-0.1, -0.05) is 35.8 Å². The molecule has 168 valence electrons. The zero-order chi connectivity index (χ0) is 23.2. The van der Waals surface area contributed by atoms with Crippen molar-refractivity contribution in [1.29, 1.82) is 0 Å². The molecule has 0 unspecified atom stereocenters. The van der Waals surface area contributed by atoms with E-state index < -0.39 is 17.5 Å². The fourth-order valence-corrected chi connectivity index (χ4v) is 4.87. The van der Waals surface area contributed by atoms with Gasteiger partial charge in [0.05, 0.1) is 17.2 Å². The molecule has 0 fully saturated rings. The molecule has 0 bridgehead atoms. The van der Waals surface area contributed by atoms with Gasteiger partial charge in [0.2, 0.25) is 0 Å². The maximum absolute atomic E-state index is 13.6. The molecular weight excluding hydrogens is 478 g/mol. The van der Waals surface area contributed by atoms with E-state index in [1.54, 1.807) is 22.8 Å². The summed E-state index contributed by atoms with van der Waals surface area (Å²) in [6, 6.07) is 10.7. The fraction of sp³-hybridized carbons (Fsp3) is 0.333. The summed E-state index contributed by atoms with van der Waals surface area (Å²) in [7, 11) is 0. The first-order chi connectivity index (χ1) is 15.1. The van der Waals surface area contributed by atoms with Gasteiger partial charge in [0.1, 0.15) is 18.9 Å². The van der Waals surface area contributed by atoms with Crippen LogP contribution in [0, 0.1) is 0 Å². The Morgan fingerprint density at radius 3 is 2.66 bits per heavy atom. The van der Waals surface area contributed by atoms with Crippen molar-refractivity contribution in [3.8, 4) is 5.75 Å². The summed E-state index contributed by atoms with van der Waals surface area (Å²) in [6.45, 7) is 3.55. The largest absolute Gasteiger partial charge is 0.491 e. The van der Waals surface area contributed by atoms with E-state index in [2.05, 4.69) is 15.9 Å². The second kappa shape index (κ2) is 8.35. The van der Waals surface area contributed by atoms with Crippen LogP contribution in [0.5, 0.6) is 5.75 Å². The van der Waals surface area contributed by atoms with Gasteiger partial charge in [-0.25, -0.2) is 0 Å². The predicted molar refractivity (Wildman–Crippen MR) is 122 cm³/mol. The number of carbonyl (C=O) groups is 2. The number of halogens is 1. The van der Waals surface area contributed by atoms with Gasteiger partial charge < -0.3 is 24.6 Å². The van der Waals surface area contributed by atoms with Gasteiger partial charge in [0, 0.05) is 33.1 Å². The van der Waals surface area contributed by atoms with Crippen LogP contribution >= 0.6 is 15.9 Å². The van der Waals surface area contributed by atoms with E-state index >= 15 is 0 Å². The molecule has 0 spiro atoms. The topological polar surface area (TPSA) is 109 Å². The average Bonchev–Trinajstić information content (AvgIpc) is 3.05. The normalized spacial score (nSPS) is 15.3. The Balaban J connectivity index is 1.87. The minimum atomic E-state index is -0.992. The van der Waals surface area contributed by atoms with Gasteiger partial charge in [-0.2, -0.15) is 0 Å². The number of carboxylic acids is 1. The van der Waals surface area contributed by atoms with Crippen LogP contribution in [0.25, 0.3) is 10.9 Å².